The summed E-state index contributed by atoms with van der Waals surface area (Å²) in [4.78, 5) is 2.60. The van der Waals surface area contributed by atoms with Crippen LogP contribution in [0.15, 0.2) is 0 Å². The minimum absolute atomic E-state index is 0.763. The second-order valence-corrected chi connectivity index (χ2v) is 7.19. The number of hydrogen-bond donors (Lipinski definition) is 1. The van der Waals surface area contributed by atoms with E-state index >= 15 is 0 Å². The summed E-state index contributed by atoms with van der Waals surface area (Å²) in [6.07, 6.45) is 9.42. The van der Waals surface area contributed by atoms with E-state index in [1.54, 1.807) is 0 Å². The Kier molecular flexibility index (Phi) is 9.15. The first kappa shape index (κ1) is 18.3. The minimum atomic E-state index is 0.763. The molecule has 4 atom stereocenters. The molecule has 0 spiro atoms. The van der Waals surface area contributed by atoms with E-state index in [0.29, 0.717) is 0 Å². The highest BCUT2D eigenvalue weighted by atomic mass is 35.5. The van der Waals surface area contributed by atoms with Gasteiger partial charge in [0.15, 0.2) is 0 Å². The zero-order chi connectivity index (χ0) is 15.0. The van der Waals surface area contributed by atoms with Crippen molar-refractivity contribution in [3.05, 3.63) is 0 Å². The maximum Gasteiger partial charge on any atom is 0.0235 e. The summed E-state index contributed by atoms with van der Waals surface area (Å²) in [5.41, 5.74) is 0. The number of halogens is 1. The van der Waals surface area contributed by atoms with Gasteiger partial charge in [0.25, 0.3) is 0 Å². The van der Waals surface area contributed by atoms with E-state index in [-0.39, 0.29) is 0 Å². The molecule has 20 heavy (non-hydrogen) atoms. The molecule has 0 radical (unpaired) electrons. The van der Waals surface area contributed by atoms with Crippen molar-refractivity contribution in [3.8, 4) is 0 Å². The first-order chi connectivity index (χ1) is 9.54. The third-order valence-corrected chi connectivity index (χ3v) is 5.04. The maximum absolute atomic E-state index is 5.69. The third-order valence-electron chi connectivity index (χ3n) is 4.77. The van der Waals surface area contributed by atoms with Gasteiger partial charge in [0, 0.05) is 30.0 Å². The van der Waals surface area contributed by atoms with Gasteiger partial charge < -0.3 is 5.32 Å². The van der Waals surface area contributed by atoms with Gasteiger partial charge in [-0.05, 0) is 66.3 Å². The SMILES string of the molecule is C[C@@H]1CCC[C@H](C)N1.C[C@@H]1CCC[C@H](C)N1CCCCl. The van der Waals surface area contributed by atoms with Gasteiger partial charge >= 0.3 is 0 Å². The number of nitrogens with one attached hydrogen (secondary N) is 1. The van der Waals surface area contributed by atoms with Gasteiger partial charge in [-0.2, -0.15) is 0 Å². The van der Waals surface area contributed by atoms with Gasteiger partial charge in [-0.1, -0.05) is 12.8 Å². The van der Waals surface area contributed by atoms with Crippen LogP contribution in [0.25, 0.3) is 0 Å². The Morgan fingerprint density at radius 3 is 1.80 bits per heavy atom. The Morgan fingerprint density at radius 1 is 0.900 bits per heavy atom. The normalized spacial score (nSPS) is 35.2. The van der Waals surface area contributed by atoms with Crippen LogP contribution >= 0.6 is 11.6 Å². The Bertz CT molecular complexity index is 229. The highest BCUT2D eigenvalue weighted by molar-refractivity contribution is 6.17. The minimum Gasteiger partial charge on any atom is -0.312 e. The van der Waals surface area contributed by atoms with E-state index in [2.05, 4.69) is 37.9 Å². The van der Waals surface area contributed by atoms with Gasteiger partial charge in [0.05, 0.1) is 0 Å². The van der Waals surface area contributed by atoms with Crippen molar-refractivity contribution < 1.29 is 0 Å². The number of nitrogens with zero attached hydrogens (tertiary/aromatic N) is 1. The summed E-state index contributed by atoms with van der Waals surface area (Å²) in [5.74, 6) is 0.802. The van der Waals surface area contributed by atoms with Crippen molar-refractivity contribution in [2.45, 2.75) is 96.8 Å². The molecule has 120 valence electrons. The topological polar surface area (TPSA) is 15.3 Å². The molecule has 2 fully saturated rings. The van der Waals surface area contributed by atoms with Crippen molar-refractivity contribution >= 4 is 11.6 Å². The van der Waals surface area contributed by atoms with E-state index in [9.17, 15) is 0 Å². The molecular weight excluding hydrogens is 268 g/mol. The van der Waals surface area contributed by atoms with Crippen LogP contribution in [0, 0.1) is 0 Å². The van der Waals surface area contributed by atoms with Crippen LogP contribution in [0.3, 0.4) is 0 Å². The lowest BCUT2D eigenvalue weighted by atomic mass is 9.97. The second-order valence-electron chi connectivity index (χ2n) is 6.81. The molecule has 1 N–H and O–H groups in total. The highest BCUT2D eigenvalue weighted by Crippen LogP contribution is 2.22. The summed E-state index contributed by atoms with van der Waals surface area (Å²) >= 11 is 5.69. The quantitative estimate of drug-likeness (QED) is 0.777. The zero-order valence-corrected chi connectivity index (χ0v) is 14.8. The Balaban J connectivity index is 0.000000217. The van der Waals surface area contributed by atoms with Crippen LogP contribution in [-0.2, 0) is 0 Å². The van der Waals surface area contributed by atoms with Gasteiger partial charge in [-0.25, -0.2) is 0 Å². The number of likely N-dealkylation sites (tertiary alicyclic amines) is 1. The average molecular weight is 303 g/mol. The average Bonchev–Trinajstić information content (AvgIpc) is 2.39. The van der Waals surface area contributed by atoms with Crippen LogP contribution in [0.5, 0.6) is 0 Å². The molecule has 2 nitrogen and oxygen atoms in total. The second kappa shape index (κ2) is 10.0. The van der Waals surface area contributed by atoms with Crippen LogP contribution < -0.4 is 5.32 Å². The molecule has 2 aliphatic heterocycles. The monoisotopic (exact) mass is 302 g/mol. The van der Waals surface area contributed by atoms with Gasteiger partial charge in [-0.3, -0.25) is 4.90 Å². The van der Waals surface area contributed by atoms with Crippen molar-refractivity contribution in [1.29, 1.82) is 0 Å². The third kappa shape index (κ3) is 6.78. The highest BCUT2D eigenvalue weighted by Gasteiger charge is 2.23. The Morgan fingerprint density at radius 2 is 1.40 bits per heavy atom. The molecule has 0 aliphatic carbocycles. The van der Waals surface area contributed by atoms with Crippen molar-refractivity contribution in [2.24, 2.45) is 0 Å². The van der Waals surface area contributed by atoms with Crippen LogP contribution in [0.2, 0.25) is 0 Å². The van der Waals surface area contributed by atoms with E-state index < -0.39 is 0 Å². The van der Waals surface area contributed by atoms with Crippen LogP contribution in [0.1, 0.15) is 72.6 Å². The maximum atomic E-state index is 5.69. The van der Waals surface area contributed by atoms with Gasteiger partial charge in [0.1, 0.15) is 0 Å². The number of rotatable bonds is 3. The molecule has 2 aliphatic rings. The van der Waals surface area contributed by atoms with Crippen molar-refractivity contribution in [2.75, 3.05) is 12.4 Å². The lowest BCUT2D eigenvalue weighted by molar-refractivity contribution is 0.104. The molecule has 0 aromatic carbocycles. The summed E-state index contributed by atoms with van der Waals surface area (Å²) in [5, 5.41) is 3.48. The van der Waals surface area contributed by atoms with E-state index in [1.807, 2.05) is 0 Å². The molecule has 2 heterocycles. The zero-order valence-electron chi connectivity index (χ0n) is 14.0. The molecule has 0 amide bonds. The molecule has 0 aromatic heterocycles. The summed E-state index contributed by atoms with van der Waals surface area (Å²) in [7, 11) is 0. The number of hydrogen-bond acceptors (Lipinski definition) is 2. The molecule has 2 saturated heterocycles. The molecule has 2 rings (SSSR count). The van der Waals surface area contributed by atoms with E-state index in [0.717, 1.165) is 36.5 Å². The predicted molar refractivity (Wildman–Crippen MR) is 90.7 cm³/mol. The Hall–Kier alpha value is 0.210. The van der Waals surface area contributed by atoms with Crippen LogP contribution in [0.4, 0.5) is 0 Å². The molecular formula is C17H35ClN2. The fourth-order valence-corrected chi connectivity index (χ4v) is 3.66. The standard InChI is InChI=1S/C10H20ClN.C7H15N/c1-9-5-3-6-10(2)12(9)8-4-7-11;1-6-4-3-5-7(2)8-6/h9-10H,3-8H2,1-2H3;6-8H,3-5H2,1-2H3/t9-,10+;6-,7+. The van der Waals surface area contributed by atoms with Crippen molar-refractivity contribution in [3.63, 3.8) is 0 Å². The molecule has 0 aromatic rings. The number of alkyl halides is 1. The fraction of sp³-hybridized carbons (Fsp3) is 1.00. The number of piperidine rings is 2. The largest absolute Gasteiger partial charge is 0.312 e. The van der Waals surface area contributed by atoms with E-state index in [1.165, 1.54) is 45.1 Å². The summed E-state index contributed by atoms with van der Waals surface area (Å²) < 4.78 is 0. The molecule has 0 saturated carbocycles. The smallest absolute Gasteiger partial charge is 0.0235 e. The summed E-state index contributed by atoms with van der Waals surface area (Å²) in [6.45, 7) is 10.4. The van der Waals surface area contributed by atoms with Crippen LogP contribution in [-0.4, -0.2) is 41.5 Å². The molecule has 0 bridgehead atoms. The Labute approximate surface area is 131 Å². The first-order valence-electron chi connectivity index (χ1n) is 8.62. The first-order valence-corrected chi connectivity index (χ1v) is 9.15. The molecule has 3 heteroatoms. The summed E-state index contributed by atoms with van der Waals surface area (Å²) in [6, 6.07) is 3.08. The molecule has 0 unspecified atom stereocenters. The lowest BCUT2D eigenvalue weighted by Crippen LogP contribution is -2.44. The predicted octanol–water partition coefficient (Wildman–Crippen LogP) is 4.42. The fourth-order valence-electron chi connectivity index (χ4n) is 3.54. The van der Waals surface area contributed by atoms with Gasteiger partial charge in [-0.15, -0.1) is 11.6 Å². The van der Waals surface area contributed by atoms with Gasteiger partial charge in [0.2, 0.25) is 0 Å². The van der Waals surface area contributed by atoms with E-state index in [4.69, 9.17) is 11.6 Å². The van der Waals surface area contributed by atoms with Crippen molar-refractivity contribution in [1.82, 2.24) is 10.2 Å². The lowest BCUT2D eigenvalue weighted by Gasteiger charge is -2.38.